The second kappa shape index (κ2) is 12.1. The first-order chi connectivity index (χ1) is 17.7. The van der Waals surface area contributed by atoms with Crippen LogP contribution in [0.3, 0.4) is 0 Å². The van der Waals surface area contributed by atoms with Gasteiger partial charge in [0.25, 0.3) is 10.0 Å². The lowest BCUT2D eigenvalue weighted by Gasteiger charge is -2.34. The fraction of sp³-hybridized carbons (Fsp3) is 0.542. The van der Waals surface area contributed by atoms with Crippen molar-refractivity contribution in [1.82, 2.24) is 19.8 Å². The van der Waals surface area contributed by atoms with Crippen molar-refractivity contribution in [1.29, 1.82) is 0 Å². The minimum Gasteiger partial charge on any atom is -0.372 e. The number of sulfonamides is 1. The van der Waals surface area contributed by atoms with Gasteiger partial charge in [-0.2, -0.15) is 4.72 Å². The van der Waals surface area contributed by atoms with E-state index in [2.05, 4.69) is 10.0 Å². The second-order valence-electron chi connectivity index (χ2n) is 9.15. The van der Waals surface area contributed by atoms with Gasteiger partial charge in [-0.1, -0.05) is 11.6 Å². The molecule has 0 radical (unpaired) electrons. The lowest BCUT2D eigenvalue weighted by atomic mass is 10.1. The summed E-state index contributed by atoms with van der Waals surface area (Å²) in [6.45, 7) is 3.37. The Balaban J connectivity index is 1.35. The predicted molar refractivity (Wildman–Crippen MR) is 141 cm³/mol. The molecule has 2 saturated heterocycles. The summed E-state index contributed by atoms with van der Waals surface area (Å²) < 4.78 is 34.6. The van der Waals surface area contributed by atoms with E-state index in [9.17, 15) is 22.8 Å². The number of nitrogens with one attached hydrogen (secondary N) is 2. The highest BCUT2D eigenvalue weighted by molar-refractivity contribution is 7.91. The molecule has 2 N–H and O–H groups in total. The molecule has 0 aliphatic carbocycles. The Morgan fingerprint density at radius 3 is 2.76 bits per heavy atom. The van der Waals surface area contributed by atoms with E-state index in [0.717, 1.165) is 28.9 Å². The number of rotatable bonds is 10. The molecule has 2 aliphatic heterocycles. The van der Waals surface area contributed by atoms with Gasteiger partial charge in [0.2, 0.25) is 17.7 Å². The lowest BCUT2D eigenvalue weighted by Crippen LogP contribution is -2.55. The zero-order chi connectivity index (χ0) is 26.6. The van der Waals surface area contributed by atoms with Crippen LogP contribution in [0, 0.1) is 0 Å². The molecule has 0 saturated carbocycles. The van der Waals surface area contributed by atoms with Crippen LogP contribution in [-0.4, -0.2) is 87.4 Å². The molecule has 37 heavy (non-hydrogen) atoms. The average molecular weight is 571 g/mol. The number of likely N-dealkylation sites (tertiary alicyclic amines) is 2. The molecular weight excluding hydrogens is 540 g/mol. The summed E-state index contributed by atoms with van der Waals surface area (Å²) in [4.78, 5) is 41.2. The van der Waals surface area contributed by atoms with Crippen molar-refractivity contribution in [2.75, 3.05) is 39.4 Å². The maximum atomic E-state index is 13.1. The Labute approximate surface area is 225 Å². The first kappa shape index (κ1) is 27.8. The van der Waals surface area contributed by atoms with Gasteiger partial charge in [-0.05, 0) is 62.3 Å². The maximum absolute atomic E-state index is 13.1. The number of nitrogens with zero attached hydrogens (tertiary/aromatic N) is 2. The molecule has 10 nitrogen and oxygen atoms in total. The Kier molecular flexibility index (Phi) is 9.07. The molecule has 4 rings (SSSR count). The van der Waals surface area contributed by atoms with Crippen LogP contribution in [0.4, 0.5) is 0 Å². The third-order valence-corrected chi connectivity index (χ3v) is 9.84. The summed E-state index contributed by atoms with van der Waals surface area (Å²) in [5, 5.41) is 4.03. The standard InChI is InChI=1S/C24H31ClN4O6S2/c1-2-35-15-21(30)26-13-18-5-3-10-29(18)22(31)14-28-9-4-6-19(24(28)32)27-37(33,34)23-12-16-11-17(25)7-8-20(16)36-23/h7-8,11-12,18-19,27H,2-6,9-10,13-15H2,1H3,(H,26,30)/t18-,19-/m0/s1. The van der Waals surface area contributed by atoms with Crippen LogP contribution < -0.4 is 10.0 Å². The Hall–Kier alpha value is -2.25. The summed E-state index contributed by atoms with van der Waals surface area (Å²) in [6, 6.07) is 5.62. The molecule has 1 aromatic carbocycles. The minimum atomic E-state index is -3.93. The van der Waals surface area contributed by atoms with Crippen molar-refractivity contribution < 1.29 is 27.5 Å². The van der Waals surface area contributed by atoms with E-state index in [4.69, 9.17) is 16.3 Å². The van der Waals surface area contributed by atoms with Crippen molar-refractivity contribution in [2.24, 2.45) is 0 Å². The number of benzene rings is 1. The van der Waals surface area contributed by atoms with Gasteiger partial charge in [-0.25, -0.2) is 8.42 Å². The van der Waals surface area contributed by atoms with Crippen LogP contribution >= 0.6 is 22.9 Å². The molecular formula is C24H31ClN4O6S2. The molecule has 3 amide bonds. The lowest BCUT2D eigenvalue weighted by molar-refractivity contribution is -0.143. The molecule has 1 aromatic heterocycles. The van der Waals surface area contributed by atoms with E-state index in [0.29, 0.717) is 49.5 Å². The first-order valence-corrected chi connectivity index (χ1v) is 15.0. The van der Waals surface area contributed by atoms with Crippen molar-refractivity contribution >= 4 is 60.8 Å². The Bertz CT molecular complexity index is 1270. The SMILES string of the molecule is CCOCC(=O)NC[C@@H]1CCCN1C(=O)CN1CCC[C@H](NS(=O)(=O)c2cc3cc(Cl)ccc3s2)C1=O. The molecule has 0 unspecified atom stereocenters. The fourth-order valence-electron chi connectivity index (χ4n) is 4.68. The third kappa shape index (κ3) is 6.80. The van der Waals surface area contributed by atoms with E-state index in [1.54, 1.807) is 29.2 Å². The minimum absolute atomic E-state index is 0.0218. The number of fused-ring (bicyclic) bond motifs is 1. The van der Waals surface area contributed by atoms with Crippen molar-refractivity contribution in [3.63, 3.8) is 0 Å². The Morgan fingerprint density at radius 1 is 1.19 bits per heavy atom. The van der Waals surface area contributed by atoms with Crippen molar-refractivity contribution in [2.45, 2.75) is 48.9 Å². The van der Waals surface area contributed by atoms with Crippen LogP contribution in [0.1, 0.15) is 32.6 Å². The number of carbonyl (C=O) groups excluding carboxylic acids is 3. The number of amides is 3. The number of hydrogen-bond donors (Lipinski definition) is 2. The molecule has 2 aromatic rings. The number of carbonyl (C=O) groups is 3. The van der Waals surface area contributed by atoms with E-state index in [-0.39, 0.29) is 35.2 Å². The predicted octanol–water partition coefficient (Wildman–Crippen LogP) is 1.97. The number of ether oxygens (including phenoxy) is 1. The smallest absolute Gasteiger partial charge is 0.250 e. The largest absolute Gasteiger partial charge is 0.372 e. The zero-order valence-electron chi connectivity index (χ0n) is 20.6. The highest BCUT2D eigenvalue weighted by atomic mass is 35.5. The summed E-state index contributed by atoms with van der Waals surface area (Å²) in [6.07, 6.45) is 2.51. The molecule has 2 atom stereocenters. The van der Waals surface area contributed by atoms with Crippen molar-refractivity contribution in [3.8, 4) is 0 Å². The summed E-state index contributed by atoms with van der Waals surface area (Å²) in [7, 11) is -3.93. The van der Waals surface area contributed by atoms with E-state index >= 15 is 0 Å². The number of thiophene rings is 1. The van der Waals surface area contributed by atoms with Gasteiger partial charge in [-0.15, -0.1) is 11.3 Å². The quantitative estimate of drug-likeness (QED) is 0.450. The normalized spacial score (nSPS) is 20.5. The van der Waals surface area contributed by atoms with Crippen molar-refractivity contribution in [3.05, 3.63) is 29.3 Å². The number of hydrogen-bond acceptors (Lipinski definition) is 7. The molecule has 13 heteroatoms. The molecule has 2 fully saturated rings. The summed E-state index contributed by atoms with van der Waals surface area (Å²) in [5.41, 5.74) is 0. The van der Waals surface area contributed by atoms with E-state index < -0.39 is 22.0 Å². The van der Waals surface area contributed by atoms with Crippen LogP contribution in [0.5, 0.6) is 0 Å². The number of piperidine rings is 1. The van der Waals surface area contributed by atoms with Gasteiger partial charge in [0.1, 0.15) is 16.9 Å². The third-order valence-electron chi connectivity index (χ3n) is 6.54. The Morgan fingerprint density at radius 2 is 1.97 bits per heavy atom. The molecule has 0 bridgehead atoms. The zero-order valence-corrected chi connectivity index (χ0v) is 23.0. The molecule has 2 aliphatic rings. The molecule has 3 heterocycles. The summed E-state index contributed by atoms with van der Waals surface area (Å²) in [5.74, 6) is -0.850. The fourth-order valence-corrected chi connectivity index (χ4v) is 7.48. The van der Waals surface area contributed by atoms with E-state index in [1.807, 2.05) is 6.92 Å². The second-order valence-corrected chi connectivity index (χ2v) is 12.6. The number of halogens is 1. The van der Waals surface area contributed by atoms with E-state index in [1.165, 1.54) is 4.90 Å². The van der Waals surface area contributed by atoms with Gasteiger partial charge < -0.3 is 19.9 Å². The van der Waals surface area contributed by atoms with Gasteiger partial charge >= 0.3 is 0 Å². The van der Waals surface area contributed by atoms with Gasteiger partial charge in [0.05, 0.1) is 6.54 Å². The van der Waals surface area contributed by atoms with Gasteiger partial charge in [-0.3, -0.25) is 14.4 Å². The summed E-state index contributed by atoms with van der Waals surface area (Å²) >= 11 is 7.12. The highest BCUT2D eigenvalue weighted by Crippen LogP contribution is 2.31. The average Bonchev–Trinajstić information content (AvgIpc) is 3.51. The maximum Gasteiger partial charge on any atom is 0.250 e. The van der Waals surface area contributed by atoms with Crippen LogP contribution in [0.2, 0.25) is 5.02 Å². The van der Waals surface area contributed by atoms with Gasteiger partial charge in [0.15, 0.2) is 0 Å². The van der Waals surface area contributed by atoms with Crippen LogP contribution in [0.15, 0.2) is 28.5 Å². The van der Waals surface area contributed by atoms with Gasteiger partial charge in [0, 0.05) is 42.0 Å². The topological polar surface area (TPSA) is 125 Å². The highest BCUT2D eigenvalue weighted by Gasteiger charge is 2.36. The molecule has 202 valence electrons. The monoisotopic (exact) mass is 570 g/mol. The van der Waals surface area contributed by atoms with Crippen LogP contribution in [0.25, 0.3) is 10.1 Å². The first-order valence-electron chi connectivity index (χ1n) is 12.3. The molecule has 0 spiro atoms. The van der Waals surface area contributed by atoms with Crippen LogP contribution in [-0.2, 0) is 29.1 Å².